The van der Waals surface area contributed by atoms with E-state index in [9.17, 15) is 9.59 Å². The van der Waals surface area contributed by atoms with Crippen LogP contribution in [0.3, 0.4) is 0 Å². The van der Waals surface area contributed by atoms with Gasteiger partial charge in [0.25, 0.3) is 0 Å². The lowest BCUT2D eigenvalue weighted by Crippen LogP contribution is -2.33. The van der Waals surface area contributed by atoms with Crippen molar-refractivity contribution in [2.24, 2.45) is 0 Å². The van der Waals surface area contributed by atoms with Gasteiger partial charge in [-0.3, -0.25) is 9.59 Å². The molecule has 2 amide bonds. The summed E-state index contributed by atoms with van der Waals surface area (Å²) < 4.78 is 10.7. The maximum atomic E-state index is 12.9. The fraction of sp³-hybridized carbons (Fsp3) is 0.208. The van der Waals surface area contributed by atoms with Crippen LogP contribution in [0.5, 0.6) is 11.5 Å². The molecule has 1 aliphatic heterocycles. The molecule has 1 aromatic heterocycles. The number of methoxy groups -OCH3 is 2. The van der Waals surface area contributed by atoms with Gasteiger partial charge in [-0.25, -0.2) is 4.98 Å². The fourth-order valence-electron chi connectivity index (χ4n) is 3.72. The predicted octanol–water partition coefficient (Wildman–Crippen LogP) is 4.73. The molecule has 1 N–H and O–H groups in total. The van der Waals surface area contributed by atoms with Crippen LogP contribution < -0.4 is 14.8 Å². The maximum Gasteiger partial charge on any atom is 0.228 e. The highest BCUT2D eigenvalue weighted by atomic mass is 32.1. The van der Waals surface area contributed by atoms with Gasteiger partial charge in [0.2, 0.25) is 11.8 Å². The second-order valence-electron chi connectivity index (χ2n) is 7.24. The van der Waals surface area contributed by atoms with E-state index in [2.05, 4.69) is 10.3 Å². The van der Waals surface area contributed by atoms with E-state index < -0.39 is 0 Å². The van der Waals surface area contributed by atoms with Gasteiger partial charge in [0.05, 0.1) is 32.4 Å². The predicted molar refractivity (Wildman–Crippen MR) is 125 cm³/mol. The molecule has 8 heteroatoms. The largest absolute Gasteiger partial charge is 0.497 e. The Morgan fingerprint density at radius 2 is 1.97 bits per heavy atom. The van der Waals surface area contributed by atoms with Crippen molar-refractivity contribution in [1.82, 2.24) is 9.88 Å². The van der Waals surface area contributed by atoms with E-state index >= 15 is 0 Å². The Morgan fingerprint density at radius 3 is 2.72 bits per heavy atom. The summed E-state index contributed by atoms with van der Waals surface area (Å²) in [7, 11) is 3.18. The minimum absolute atomic E-state index is 0.114. The van der Waals surface area contributed by atoms with Gasteiger partial charge in [-0.15, -0.1) is 11.3 Å². The number of thiazole rings is 1. The molecule has 7 nitrogen and oxygen atoms in total. The number of amides is 2. The topological polar surface area (TPSA) is 80.8 Å². The number of carbonyl (C=O) groups excluding carboxylic acids is 2. The average molecular weight is 450 g/mol. The zero-order valence-corrected chi connectivity index (χ0v) is 18.8. The molecule has 0 saturated heterocycles. The Hall–Kier alpha value is -3.65. The molecule has 0 saturated carbocycles. The van der Waals surface area contributed by atoms with Crippen LogP contribution in [0.4, 0.5) is 5.13 Å². The average Bonchev–Trinajstić information content (AvgIpc) is 3.26. The molecule has 1 atom stereocenters. The van der Waals surface area contributed by atoms with E-state index in [0.29, 0.717) is 22.3 Å². The summed E-state index contributed by atoms with van der Waals surface area (Å²) in [5.74, 6) is 0.993. The molecule has 0 radical (unpaired) electrons. The highest BCUT2D eigenvalue weighted by Gasteiger charge is 2.28. The minimum atomic E-state index is -0.366. The highest BCUT2D eigenvalue weighted by molar-refractivity contribution is 7.14. The summed E-state index contributed by atoms with van der Waals surface area (Å²) in [6.45, 7) is 1.50. The zero-order chi connectivity index (χ0) is 22.7. The molecule has 164 valence electrons. The molecule has 1 aliphatic rings. The van der Waals surface area contributed by atoms with Crippen molar-refractivity contribution in [3.63, 3.8) is 0 Å². The normalized spacial score (nSPS) is 14.6. The number of ether oxygens (including phenoxy) is 2. The van der Waals surface area contributed by atoms with E-state index in [1.165, 1.54) is 18.3 Å². The zero-order valence-electron chi connectivity index (χ0n) is 18.0. The molecule has 32 heavy (non-hydrogen) atoms. The van der Waals surface area contributed by atoms with Crippen LogP contribution in [-0.2, 0) is 9.59 Å². The smallest absolute Gasteiger partial charge is 0.228 e. The number of fused-ring (bicyclic) bond motifs is 1. The molecule has 0 aliphatic carbocycles. The summed E-state index contributed by atoms with van der Waals surface area (Å²) in [6, 6.07) is 12.9. The van der Waals surface area contributed by atoms with E-state index in [1.54, 1.807) is 31.4 Å². The first-order valence-corrected chi connectivity index (χ1v) is 10.9. The van der Waals surface area contributed by atoms with E-state index in [1.807, 2.05) is 47.9 Å². The molecule has 3 aromatic rings. The first-order valence-electron chi connectivity index (χ1n) is 10.0. The number of rotatable bonds is 6. The summed E-state index contributed by atoms with van der Waals surface area (Å²) in [5, 5.41) is 5.22. The Bertz CT molecular complexity index is 1190. The highest BCUT2D eigenvalue weighted by Crippen LogP contribution is 2.36. The fourth-order valence-corrected chi connectivity index (χ4v) is 4.45. The quantitative estimate of drug-likeness (QED) is 0.588. The van der Waals surface area contributed by atoms with Gasteiger partial charge < -0.3 is 19.7 Å². The van der Waals surface area contributed by atoms with Crippen LogP contribution in [0.1, 0.15) is 30.5 Å². The van der Waals surface area contributed by atoms with Gasteiger partial charge in [-0.1, -0.05) is 24.3 Å². The van der Waals surface area contributed by atoms with Crippen molar-refractivity contribution >= 4 is 34.4 Å². The van der Waals surface area contributed by atoms with Crippen molar-refractivity contribution in [3.05, 3.63) is 65.2 Å². The summed E-state index contributed by atoms with van der Waals surface area (Å²) in [6.07, 6.45) is 3.75. The van der Waals surface area contributed by atoms with Crippen molar-refractivity contribution < 1.29 is 19.1 Å². The number of aromatic nitrogens is 1. The molecular formula is C24H23N3O4S. The number of hydrogen-bond donors (Lipinski definition) is 1. The number of nitrogens with one attached hydrogen (secondary N) is 1. The molecule has 0 fully saturated rings. The third-order valence-electron chi connectivity index (χ3n) is 5.28. The lowest BCUT2D eigenvalue weighted by atomic mass is 9.93. The Labute approximate surface area is 190 Å². The second-order valence-corrected chi connectivity index (χ2v) is 8.10. The minimum Gasteiger partial charge on any atom is -0.497 e. The second kappa shape index (κ2) is 9.23. The van der Waals surface area contributed by atoms with Crippen LogP contribution in [0.15, 0.2) is 54.0 Å². The van der Waals surface area contributed by atoms with E-state index in [4.69, 9.17) is 9.47 Å². The van der Waals surface area contributed by atoms with Gasteiger partial charge in [0.1, 0.15) is 11.5 Å². The van der Waals surface area contributed by atoms with Crippen LogP contribution in [-0.4, -0.2) is 35.9 Å². The molecular weight excluding hydrogens is 426 g/mol. The van der Waals surface area contributed by atoms with Crippen molar-refractivity contribution in [3.8, 4) is 22.8 Å². The monoisotopic (exact) mass is 449 g/mol. The molecule has 2 heterocycles. The molecule has 2 aromatic carbocycles. The van der Waals surface area contributed by atoms with Crippen LogP contribution in [0.25, 0.3) is 17.3 Å². The van der Waals surface area contributed by atoms with Crippen molar-refractivity contribution in [2.75, 3.05) is 19.5 Å². The number of nitrogens with zero attached hydrogens (tertiary/aromatic N) is 2. The Kier molecular flexibility index (Phi) is 6.23. The van der Waals surface area contributed by atoms with E-state index in [0.717, 1.165) is 16.7 Å². The number of benzene rings is 2. The van der Waals surface area contributed by atoms with Crippen LogP contribution in [0.2, 0.25) is 0 Å². The lowest BCUT2D eigenvalue weighted by molar-refractivity contribution is -0.129. The first kappa shape index (κ1) is 21.6. The molecule has 0 spiro atoms. The van der Waals surface area contributed by atoms with Gasteiger partial charge in [0.15, 0.2) is 5.13 Å². The SMILES string of the molecule is COc1ccc(-c2csc(NC(=O)CC3c4ccccc4C=CN3C(C)=O)n2)c(OC)c1. The number of hydrogen-bond acceptors (Lipinski definition) is 6. The maximum absolute atomic E-state index is 12.9. The molecule has 1 unspecified atom stereocenters. The summed E-state index contributed by atoms with van der Waals surface area (Å²) in [4.78, 5) is 31.1. The van der Waals surface area contributed by atoms with Gasteiger partial charge in [-0.05, 0) is 29.3 Å². The van der Waals surface area contributed by atoms with Crippen LogP contribution in [0, 0.1) is 0 Å². The molecule has 0 bridgehead atoms. The third kappa shape index (κ3) is 4.36. The first-order chi connectivity index (χ1) is 15.5. The number of carbonyl (C=O) groups is 2. The van der Waals surface area contributed by atoms with Crippen LogP contribution >= 0.6 is 11.3 Å². The van der Waals surface area contributed by atoms with Gasteiger partial charge in [0, 0.05) is 30.1 Å². The van der Waals surface area contributed by atoms with E-state index in [-0.39, 0.29) is 24.3 Å². The Balaban J connectivity index is 1.51. The third-order valence-corrected chi connectivity index (χ3v) is 6.04. The number of anilines is 1. The van der Waals surface area contributed by atoms with Crippen molar-refractivity contribution in [2.45, 2.75) is 19.4 Å². The lowest BCUT2D eigenvalue weighted by Gasteiger charge is -2.32. The van der Waals surface area contributed by atoms with Gasteiger partial charge >= 0.3 is 0 Å². The van der Waals surface area contributed by atoms with Crippen molar-refractivity contribution in [1.29, 1.82) is 0 Å². The summed E-state index contributed by atoms with van der Waals surface area (Å²) >= 11 is 1.33. The van der Waals surface area contributed by atoms with Gasteiger partial charge in [-0.2, -0.15) is 0 Å². The molecule has 4 rings (SSSR count). The Morgan fingerprint density at radius 1 is 1.16 bits per heavy atom. The standard InChI is InChI=1S/C24H23N3O4S/c1-15(28)27-11-10-16-6-4-5-7-18(16)21(27)13-23(29)26-24-25-20(14-32-24)19-9-8-17(30-2)12-22(19)31-3/h4-12,14,21H,13H2,1-3H3,(H,25,26,29). The summed E-state index contributed by atoms with van der Waals surface area (Å²) in [5.41, 5.74) is 3.45.